The molecule has 0 amide bonds. The molecule has 4 heteroatoms. The van der Waals surface area contributed by atoms with Gasteiger partial charge in [-0.25, -0.2) is 4.98 Å². The van der Waals surface area contributed by atoms with Gasteiger partial charge in [-0.15, -0.1) is 11.3 Å². The van der Waals surface area contributed by atoms with Crippen molar-refractivity contribution in [3.05, 3.63) is 198 Å². The van der Waals surface area contributed by atoms with Crippen LogP contribution in [0.5, 0.6) is 0 Å². The van der Waals surface area contributed by atoms with Gasteiger partial charge in [0.05, 0.1) is 38.3 Å². The first kappa shape index (κ1) is 29.0. The van der Waals surface area contributed by atoms with Crippen LogP contribution in [0, 0.1) is 0 Å². The maximum absolute atomic E-state index is 5.61. The van der Waals surface area contributed by atoms with Crippen LogP contribution in [-0.4, -0.2) is 15.0 Å². The summed E-state index contributed by atoms with van der Waals surface area (Å²) in [7, 11) is 0. The van der Waals surface area contributed by atoms with E-state index in [0.29, 0.717) is 0 Å². The van der Waals surface area contributed by atoms with Crippen LogP contribution < -0.4 is 0 Å². The van der Waals surface area contributed by atoms with Crippen molar-refractivity contribution in [2.24, 2.45) is 0 Å². The minimum absolute atomic E-state index is 0.470. The van der Waals surface area contributed by atoms with Crippen LogP contribution in [0.25, 0.3) is 31.4 Å². The summed E-state index contributed by atoms with van der Waals surface area (Å²) in [4.78, 5) is 15.4. The first-order valence-electron chi connectivity index (χ1n) is 15.9. The molecule has 0 N–H and O–H groups in total. The largest absolute Gasteiger partial charge is 0.260 e. The van der Waals surface area contributed by atoms with E-state index in [2.05, 4.69) is 153 Å². The fourth-order valence-corrected chi connectivity index (χ4v) is 8.10. The predicted octanol–water partition coefficient (Wildman–Crippen LogP) is 10.6. The molecule has 4 aromatic heterocycles. The van der Waals surface area contributed by atoms with E-state index in [1.54, 1.807) is 0 Å². The van der Waals surface area contributed by atoms with E-state index >= 15 is 0 Å². The van der Waals surface area contributed by atoms with Gasteiger partial charge in [0.2, 0.25) is 0 Å². The second-order valence-electron chi connectivity index (χ2n) is 12.3. The number of fused-ring (bicyclic) bond motifs is 3. The summed E-state index contributed by atoms with van der Waals surface area (Å²) >= 11 is 1.81. The Balaban J connectivity index is 1.41. The molecule has 0 aliphatic rings. The van der Waals surface area contributed by atoms with Crippen molar-refractivity contribution in [2.45, 2.75) is 24.7 Å². The molecule has 0 saturated carbocycles. The average molecular weight is 624 g/mol. The number of aromatic nitrogens is 3. The topological polar surface area (TPSA) is 38.7 Å². The van der Waals surface area contributed by atoms with Gasteiger partial charge in [0.15, 0.2) is 0 Å². The van der Waals surface area contributed by atoms with Gasteiger partial charge >= 0.3 is 0 Å². The Labute approximate surface area is 279 Å². The van der Waals surface area contributed by atoms with E-state index < -0.39 is 10.8 Å². The Kier molecular flexibility index (Phi) is 7.23. The summed E-state index contributed by atoms with van der Waals surface area (Å²) in [6.07, 6.45) is 3.76. The fourth-order valence-electron chi connectivity index (χ4n) is 6.90. The van der Waals surface area contributed by atoms with Crippen molar-refractivity contribution >= 4 is 31.5 Å². The highest BCUT2D eigenvalue weighted by Crippen LogP contribution is 2.45. The van der Waals surface area contributed by atoms with Crippen LogP contribution in [0.2, 0.25) is 0 Å². The van der Waals surface area contributed by atoms with Gasteiger partial charge in [-0.3, -0.25) is 9.97 Å². The van der Waals surface area contributed by atoms with Gasteiger partial charge in [-0.05, 0) is 73.0 Å². The second-order valence-corrected chi connectivity index (χ2v) is 13.4. The Bertz CT molecular complexity index is 2240. The van der Waals surface area contributed by atoms with Gasteiger partial charge in [-0.2, -0.15) is 0 Å². The molecule has 0 fully saturated rings. The van der Waals surface area contributed by atoms with Gasteiger partial charge in [0, 0.05) is 33.4 Å². The minimum Gasteiger partial charge on any atom is -0.260 e. The summed E-state index contributed by atoms with van der Waals surface area (Å²) in [5.41, 5.74) is 7.44. The van der Waals surface area contributed by atoms with Gasteiger partial charge in [0.25, 0.3) is 0 Å². The number of benzene rings is 4. The molecule has 4 heterocycles. The third-order valence-corrected chi connectivity index (χ3v) is 10.8. The van der Waals surface area contributed by atoms with E-state index in [1.807, 2.05) is 35.9 Å². The lowest BCUT2D eigenvalue weighted by Gasteiger charge is -2.31. The van der Waals surface area contributed by atoms with Crippen molar-refractivity contribution in [1.29, 1.82) is 0 Å². The lowest BCUT2D eigenvalue weighted by molar-refractivity contribution is 0.643. The quantitative estimate of drug-likeness (QED) is 0.177. The lowest BCUT2D eigenvalue weighted by Crippen LogP contribution is -2.28. The summed E-state index contributed by atoms with van der Waals surface area (Å²) in [6, 6.07) is 53.5. The van der Waals surface area contributed by atoms with E-state index in [0.717, 1.165) is 39.5 Å². The molecule has 8 rings (SSSR count). The van der Waals surface area contributed by atoms with Crippen molar-refractivity contribution in [2.75, 3.05) is 0 Å². The van der Waals surface area contributed by atoms with Crippen LogP contribution >= 0.6 is 11.3 Å². The standard InChI is InChI=1S/C43H33N3S/c1-42(31-17-5-3-6-18-31,37-24-11-13-26-44-37)33-21-15-16-30(28-33)40-41-35(34-22-9-10-23-36(34)47-41)29-39(46-40)43(2,32-19-7-4-8-20-32)38-25-12-14-27-45-38/h3-29H,1-2H3/t42?,43-/m1/s1. The zero-order valence-corrected chi connectivity index (χ0v) is 27.2. The molecule has 226 valence electrons. The van der Waals surface area contributed by atoms with E-state index in [4.69, 9.17) is 15.0 Å². The smallest absolute Gasteiger partial charge is 0.0884 e. The molecule has 47 heavy (non-hydrogen) atoms. The van der Waals surface area contributed by atoms with Crippen molar-refractivity contribution in [3.63, 3.8) is 0 Å². The molecule has 0 spiro atoms. The van der Waals surface area contributed by atoms with Crippen LogP contribution in [0.1, 0.15) is 47.6 Å². The molecule has 8 aromatic rings. The third-order valence-electron chi connectivity index (χ3n) is 9.64. The number of hydrogen-bond acceptors (Lipinski definition) is 4. The first-order valence-corrected chi connectivity index (χ1v) is 16.8. The molecule has 0 aliphatic heterocycles. The normalized spacial score (nSPS) is 14.1. The molecule has 0 bridgehead atoms. The Morgan fingerprint density at radius 1 is 0.468 bits per heavy atom. The highest BCUT2D eigenvalue weighted by molar-refractivity contribution is 7.26. The number of nitrogens with zero attached hydrogens (tertiary/aromatic N) is 3. The maximum Gasteiger partial charge on any atom is 0.0884 e. The van der Waals surface area contributed by atoms with Crippen molar-refractivity contribution in [1.82, 2.24) is 15.0 Å². The lowest BCUT2D eigenvalue weighted by atomic mass is 9.73. The molecule has 0 aliphatic carbocycles. The fraction of sp³-hybridized carbons (Fsp3) is 0.0930. The molecular weight excluding hydrogens is 591 g/mol. The number of pyridine rings is 3. The van der Waals surface area contributed by atoms with Crippen LogP contribution in [0.15, 0.2) is 164 Å². The average Bonchev–Trinajstić information content (AvgIpc) is 3.54. The number of thiophene rings is 1. The molecule has 4 aromatic carbocycles. The molecule has 0 radical (unpaired) electrons. The van der Waals surface area contributed by atoms with E-state index in [9.17, 15) is 0 Å². The maximum atomic E-state index is 5.61. The second kappa shape index (κ2) is 11.7. The van der Waals surface area contributed by atoms with Gasteiger partial charge in [-0.1, -0.05) is 109 Å². The van der Waals surface area contributed by atoms with E-state index in [-0.39, 0.29) is 0 Å². The number of rotatable bonds is 7. The van der Waals surface area contributed by atoms with Crippen LogP contribution in [-0.2, 0) is 10.8 Å². The summed E-state index contributed by atoms with van der Waals surface area (Å²) in [6.45, 7) is 4.53. The number of hydrogen-bond donors (Lipinski definition) is 0. The molecule has 2 atom stereocenters. The third kappa shape index (κ3) is 4.84. The molecule has 3 nitrogen and oxygen atoms in total. The molecule has 0 saturated heterocycles. The zero-order valence-electron chi connectivity index (χ0n) is 26.3. The van der Waals surface area contributed by atoms with Crippen LogP contribution in [0.4, 0.5) is 0 Å². The first-order chi connectivity index (χ1) is 23.1. The molecular formula is C43H33N3S. The van der Waals surface area contributed by atoms with Gasteiger partial charge < -0.3 is 0 Å². The van der Waals surface area contributed by atoms with Crippen molar-refractivity contribution in [3.8, 4) is 11.3 Å². The van der Waals surface area contributed by atoms with E-state index in [1.165, 1.54) is 25.7 Å². The van der Waals surface area contributed by atoms with Crippen molar-refractivity contribution < 1.29 is 0 Å². The Morgan fingerprint density at radius 3 is 1.70 bits per heavy atom. The zero-order chi connectivity index (χ0) is 31.8. The highest BCUT2D eigenvalue weighted by atomic mass is 32.1. The predicted molar refractivity (Wildman–Crippen MR) is 195 cm³/mol. The van der Waals surface area contributed by atoms with Gasteiger partial charge in [0.1, 0.15) is 0 Å². The SMILES string of the molecule is CC(c1ccccc1)(c1cccc(-c2nc([C@](C)(c3ccccc3)c3ccccn3)cc3c2sc2ccccc23)c1)c1ccccn1. The summed E-state index contributed by atoms with van der Waals surface area (Å²) in [5, 5.41) is 2.46. The summed E-state index contributed by atoms with van der Waals surface area (Å²) < 4.78 is 2.43. The summed E-state index contributed by atoms with van der Waals surface area (Å²) in [5.74, 6) is 0. The minimum atomic E-state index is -0.585. The Morgan fingerprint density at radius 2 is 1.04 bits per heavy atom. The van der Waals surface area contributed by atoms with Crippen LogP contribution in [0.3, 0.4) is 0 Å². The monoisotopic (exact) mass is 623 g/mol. The Hall–Kier alpha value is -5.45. The molecule has 1 unspecified atom stereocenters. The highest BCUT2D eigenvalue weighted by Gasteiger charge is 2.36.